The molecule has 2 N–H and O–H groups in total. The number of nitrogens with one attached hydrogen (secondary N) is 1. The molecule has 5 rings (SSSR count). The number of nitrogens with zero attached hydrogens (tertiary/aromatic N) is 6. The summed E-state index contributed by atoms with van der Waals surface area (Å²) in [6.07, 6.45) is 3.91. The van der Waals surface area contributed by atoms with Crippen LogP contribution in [0, 0.1) is 0 Å². The zero-order valence-corrected chi connectivity index (χ0v) is 14.4. The lowest BCUT2D eigenvalue weighted by molar-refractivity contribution is 0.0705. The van der Waals surface area contributed by atoms with Crippen LogP contribution in [0.4, 0.5) is 11.6 Å². The number of anilines is 2. The first-order chi connectivity index (χ1) is 12.7. The van der Waals surface area contributed by atoms with Gasteiger partial charge in [0.2, 0.25) is 5.95 Å². The van der Waals surface area contributed by atoms with E-state index >= 15 is 0 Å². The Kier molecular flexibility index (Phi) is 3.47. The Morgan fingerprint density at radius 3 is 2.58 bits per heavy atom. The number of benzene rings is 1. The third kappa shape index (κ3) is 2.37. The molecule has 26 heavy (non-hydrogen) atoms. The molecule has 9 nitrogen and oxygen atoms in total. The van der Waals surface area contributed by atoms with E-state index < -0.39 is 5.91 Å². The van der Waals surface area contributed by atoms with E-state index in [4.69, 9.17) is 5.21 Å². The quantitative estimate of drug-likeness (QED) is 0.521. The van der Waals surface area contributed by atoms with E-state index in [1.165, 1.54) is 29.8 Å². The van der Waals surface area contributed by atoms with Gasteiger partial charge in [-0.05, 0) is 24.6 Å². The molecule has 2 atom stereocenters. The van der Waals surface area contributed by atoms with Crippen molar-refractivity contribution in [1.29, 1.82) is 0 Å². The van der Waals surface area contributed by atoms with Crippen molar-refractivity contribution >= 4 is 40.3 Å². The Morgan fingerprint density at radius 1 is 1.12 bits per heavy atom. The molecule has 4 heterocycles. The maximum Gasteiger partial charge on any atom is 0.277 e. The van der Waals surface area contributed by atoms with Crippen LogP contribution in [0.25, 0.3) is 11.0 Å². The number of fused-ring (bicyclic) bond motifs is 3. The topological polar surface area (TPSA) is 107 Å². The van der Waals surface area contributed by atoms with Crippen LogP contribution < -0.4 is 15.3 Å². The molecule has 2 aliphatic heterocycles. The van der Waals surface area contributed by atoms with Crippen LogP contribution in [-0.2, 0) is 0 Å². The van der Waals surface area contributed by atoms with Crippen LogP contribution in [0.1, 0.15) is 16.8 Å². The average molecular weight is 369 g/mol. The van der Waals surface area contributed by atoms with Gasteiger partial charge in [-0.2, -0.15) is 8.75 Å². The second kappa shape index (κ2) is 5.85. The molecule has 3 aromatic rings. The third-order valence-electron chi connectivity index (χ3n) is 5.07. The molecule has 2 aliphatic rings. The molecule has 10 heteroatoms. The Bertz CT molecular complexity index is 976. The zero-order chi connectivity index (χ0) is 17.7. The maximum absolute atomic E-state index is 11.4. The van der Waals surface area contributed by atoms with E-state index in [1.54, 1.807) is 5.48 Å². The molecule has 132 valence electrons. The summed E-state index contributed by atoms with van der Waals surface area (Å²) < 4.78 is 8.58. The number of hydrogen-bond donors (Lipinski definition) is 2. The van der Waals surface area contributed by atoms with Crippen LogP contribution in [0.15, 0.2) is 30.6 Å². The van der Waals surface area contributed by atoms with Crippen LogP contribution in [0.3, 0.4) is 0 Å². The van der Waals surface area contributed by atoms with E-state index in [2.05, 4.69) is 40.6 Å². The number of rotatable bonds is 3. The fourth-order valence-corrected chi connectivity index (χ4v) is 4.35. The highest BCUT2D eigenvalue weighted by Crippen LogP contribution is 2.36. The van der Waals surface area contributed by atoms with Gasteiger partial charge in [-0.1, -0.05) is 0 Å². The standard InChI is InChI=1S/C16H15N7O2S/c24-15(19-25)9-5-17-16(18-6-9)23-8-11-3-12(23)7-22(11)10-1-2-13-14(4-10)21-26-20-13/h1-2,4-6,11-12,25H,3,7-8H2,(H,19,24)/t11-,12-/m1/s1. The van der Waals surface area contributed by atoms with Crippen molar-refractivity contribution in [2.45, 2.75) is 18.5 Å². The summed E-state index contributed by atoms with van der Waals surface area (Å²) in [6.45, 7) is 1.74. The van der Waals surface area contributed by atoms with E-state index in [0.717, 1.165) is 30.5 Å². The second-order valence-electron chi connectivity index (χ2n) is 6.50. The summed E-state index contributed by atoms with van der Waals surface area (Å²) in [6, 6.07) is 6.96. The molecule has 0 spiro atoms. The lowest BCUT2D eigenvalue weighted by Crippen LogP contribution is -2.47. The van der Waals surface area contributed by atoms with Crippen molar-refractivity contribution < 1.29 is 10.0 Å². The van der Waals surface area contributed by atoms with Crippen LogP contribution in [0.5, 0.6) is 0 Å². The van der Waals surface area contributed by atoms with Crippen LogP contribution in [0.2, 0.25) is 0 Å². The van der Waals surface area contributed by atoms with Gasteiger partial charge in [0.15, 0.2) is 0 Å². The molecule has 0 saturated carbocycles. The minimum absolute atomic E-state index is 0.229. The normalized spacial score (nSPS) is 21.6. The number of carbonyl (C=O) groups is 1. The van der Waals surface area contributed by atoms with Gasteiger partial charge in [0.1, 0.15) is 11.0 Å². The van der Waals surface area contributed by atoms with Crippen LogP contribution in [-0.4, -0.2) is 55.0 Å². The summed E-state index contributed by atoms with van der Waals surface area (Å²) >= 11 is 1.23. The van der Waals surface area contributed by atoms with Gasteiger partial charge in [-0.25, -0.2) is 15.4 Å². The first kappa shape index (κ1) is 15.4. The third-order valence-corrected chi connectivity index (χ3v) is 5.63. The van der Waals surface area contributed by atoms with Gasteiger partial charge >= 0.3 is 0 Å². The maximum atomic E-state index is 11.4. The molecule has 1 aromatic carbocycles. The van der Waals surface area contributed by atoms with Gasteiger partial charge in [-0.3, -0.25) is 10.0 Å². The van der Waals surface area contributed by atoms with Gasteiger partial charge in [0.25, 0.3) is 5.91 Å². The number of aromatic nitrogens is 4. The summed E-state index contributed by atoms with van der Waals surface area (Å²) in [4.78, 5) is 24.5. The Morgan fingerprint density at radius 2 is 1.85 bits per heavy atom. The van der Waals surface area contributed by atoms with Crippen molar-refractivity contribution in [1.82, 2.24) is 24.2 Å². The second-order valence-corrected chi connectivity index (χ2v) is 7.03. The fourth-order valence-electron chi connectivity index (χ4n) is 3.83. The highest BCUT2D eigenvalue weighted by atomic mass is 32.1. The predicted molar refractivity (Wildman–Crippen MR) is 95.6 cm³/mol. The SMILES string of the molecule is O=C(NO)c1cnc(N2C[C@H]3C[C@@H]2CN3c2ccc3nsnc3c2)nc1. The summed E-state index contributed by atoms with van der Waals surface area (Å²) in [5, 5.41) is 8.67. The predicted octanol–water partition coefficient (Wildman–Crippen LogP) is 1.07. The van der Waals surface area contributed by atoms with E-state index in [9.17, 15) is 4.79 Å². The average Bonchev–Trinajstić information content (AvgIpc) is 3.41. The summed E-state index contributed by atoms with van der Waals surface area (Å²) in [5.41, 5.74) is 4.86. The molecule has 1 amide bonds. The molecule has 0 radical (unpaired) electrons. The smallest absolute Gasteiger partial charge is 0.277 e. The van der Waals surface area contributed by atoms with E-state index in [-0.39, 0.29) is 5.56 Å². The molecular weight excluding hydrogens is 354 g/mol. The Hall–Kier alpha value is -2.85. The highest BCUT2D eigenvalue weighted by molar-refractivity contribution is 7.00. The van der Waals surface area contributed by atoms with Crippen LogP contribution >= 0.6 is 11.7 Å². The van der Waals surface area contributed by atoms with Crippen molar-refractivity contribution in [3.05, 3.63) is 36.2 Å². The number of carbonyl (C=O) groups excluding carboxylic acids is 1. The fraction of sp³-hybridized carbons (Fsp3) is 0.312. The molecular formula is C16H15N7O2S. The lowest BCUT2D eigenvalue weighted by atomic mass is 10.2. The largest absolute Gasteiger partial charge is 0.365 e. The van der Waals surface area contributed by atoms with Gasteiger partial charge < -0.3 is 9.80 Å². The number of hydroxylamine groups is 1. The first-order valence-electron chi connectivity index (χ1n) is 8.25. The van der Waals surface area contributed by atoms with Gasteiger partial charge in [0, 0.05) is 37.2 Å². The Labute approximate surface area is 152 Å². The van der Waals surface area contributed by atoms with Crippen molar-refractivity contribution in [2.75, 3.05) is 22.9 Å². The van der Waals surface area contributed by atoms with Gasteiger partial charge in [0.05, 0.1) is 23.3 Å². The highest BCUT2D eigenvalue weighted by Gasteiger charge is 2.44. The minimum Gasteiger partial charge on any atom is -0.365 e. The van der Waals surface area contributed by atoms with Gasteiger partial charge in [-0.15, -0.1) is 0 Å². The van der Waals surface area contributed by atoms with E-state index in [1.807, 2.05) is 6.07 Å². The number of amides is 1. The van der Waals surface area contributed by atoms with E-state index in [0.29, 0.717) is 18.0 Å². The first-order valence-corrected chi connectivity index (χ1v) is 8.98. The molecule has 0 aliphatic carbocycles. The zero-order valence-electron chi connectivity index (χ0n) is 13.6. The Balaban J connectivity index is 1.34. The number of piperazine rings is 1. The molecule has 2 saturated heterocycles. The summed E-state index contributed by atoms with van der Waals surface area (Å²) in [5.74, 6) is 0.00313. The monoisotopic (exact) mass is 369 g/mol. The molecule has 2 bridgehead atoms. The van der Waals surface area contributed by atoms with Crippen molar-refractivity contribution in [2.24, 2.45) is 0 Å². The number of hydrogen-bond acceptors (Lipinski definition) is 9. The minimum atomic E-state index is -0.613. The molecule has 0 unspecified atom stereocenters. The molecule has 2 aromatic heterocycles. The lowest BCUT2D eigenvalue weighted by Gasteiger charge is -2.35. The van der Waals surface area contributed by atoms with Crippen molar-refractivity contribution in [3.8, 4) is 0 Å². The summed E-state index contributed by atoms with van der Waals surface area (Å²) in [7, 11) is 0. The van der Waals surface area contributed by atoms with Crippen molar-refractivity contribution in [3.63, 3.8) is 0 Å². The molecule has 2 fully saturated rings.